The van der Waals surface area contributed by atoms with E-state index in [1.165, 1.54) is 6.42 Å². The number of carbonyl (C=O) groups excluding carboxylic acids is 1. The predicted molar refractivity (Wildman–Crippen MR) is 139 cm³/mol. The number of nitrogens with zero attached hydrogens (tertiary/aromatic N) is 2. The fourth-order valence-corrected chi connectivity index (χ4v) is 7.09. The average molecular weight is 494 g/mol. The molecule has 2 heterocycles. The van der Waals surface area contributed by atoms with Gasteiger partial charge in [-0.25, -0.2) is 13.1 Å². The molecule has 1 aromatic heterocycles. The van der Waals surface area contributed by atoms with Crippen LogP contribution in [0.1, 0.15) is 51.9 Å². The Labute approximate surface area is 208 Å². The maximum absolute atomic E-state index is 13.2. The molecule has 2 fully saturated rings. The minimum Gasteiger partial charge on any atom is -0.344 e. The predicted octanol–water partition coefficient (Wildman–Crippen LogP) is 5.08. The van der Waals surface area contributed by atoms with E-state index in [9.17, 15) is 13.2 Å². The highest BCUT2D eigenvalue weighted by atomic mass is 32.2. The minimum atomic E-state index is -3.65. The van der Waals surface area contributed by atoms with Gasteiger partial charge in [-0.05, 0) is 75.6 Å². The number of fused-ring (bicyclic) bond motifs is 1. The summed E-state index contributed by atoms with van der Waals surface area (Å²) < 4.78 is 31.4. The number of sulfonamides is 1. The van der Waals surface area contributed by atoms with Crippen molar-refractivity contribution in [2.75, 3.05) is 6.54 Å². The minimum absolute atomic E-state index is 0.0208. The van der Waals surface area contributed by atoms with Crippen LogP contribution in [0.3, 0.4) is 0 Å². The average Bonchev–Trinajstić information content (AvgIpc) is 3.20. The molecule has 5 rings (SSSR count). The van der Waals surface area contributed by atoms with Crippen molar-refractivity contribution >= 4 is 26.8 Å². The van der Waals surface area contributed by atoms with Crippen molar-refractivity contribution in [3.63, 3.8) is 0 Å². The molecule has 2 aliphatic rings. The number of hydrogen-bond donors (Lipinski definition) is 1. The van der Waals surface area contributed by atoms with Gasteiger partial charge in [0, 0.05) is 48.2 Å². The van der Waals surface area contributed by atoms with Gasteiger partial charge in [0.15, 0.2) is 0 Å². The molecule has 1 N–H and O–H groups in total. The lowest BCUT2D eigenvalue weighted by atomic mass is 9.85. The third-order valence-electron chi connectivity index (χ3n) is 7.88. The summed E-state index contributed by atoms with van der Waals surface area (Å²) >= 11 is 0. The number of benzene rings is 2. The second kappa shape index (κ2) is 9.78. The maximum atomic E-state index is 13.2. The molecule has 1 saturated heterocycles. The normalized spacial score (nSPS) is 23.5. The Bertz CT molecular complexity index is 1310. The third-order valence-corrected chi connectivity index (χ3v) is 9.40. The molecule has 1 atom stereocenters. The number of nitrogens with one attached hydrogen (secondary N) is 1. The van der Waals surface area contributed by atoms with Crippen LogP contribution in [0.15, 0.2) is 59.5 Å². The van der Waals surface area contributed by atoms with Gasteiger partial charge < -0.3 is 9.47 Å². The van der Waals surface area contributed by atoms with Crippen LogP contribution in [-0.2, 0) is 21.9 Å². The summed E-state index contributed by atoms with van der Waals surface area (Å²) in [5, 5.41) is 1.01. The molecule has 1 aliphatic heterocycles. The fourth-order valence-electron chi connectivity index (χ4n) is 5.77. The Morgan fingerprint density at radius 2 is 1.69 bits per heavy atom. The Balaban J connectivity index is 1.27. The van der Waals surface area contributed by atoms with Crippen LogP contribution < -0.4 is 4.72 Å². The summed E-state index contributed by atoms with van der Waals surface area (Å²) in [5.74, 6) is 0.286. The number of aromatic nitrogens is 1. The van der Waals surface area contributed by atoms with E-state index in [2.05, 4.69) is 34.7 Å². The molecular weight excluding hydrogens is 458 g/mol. The summed E-state index contributed by atoms with van der Waals surface area (Å²) in [6.45, 7) is 3.00. The standard InChI is InChI=1S/C28H35N3O3S/c1-20-8-6-7-17-31(20)28(32)22-11-14-24(15-12-22)29-35(33,34)25-16-13-23-18-26(30(2)27(23)19-25)21-9-4-3-5-10-21/h3-5,9-10,13,16,18-20,22,24,29H,6-8,11-12,14-15,17H2,1-2H3. The first kappa shape index (κ1) is 24.1. The van der Waals surface area contributed by atoms with Crippen LogP contribution in [-0.4, -0.2) is 42.4 Å². The summed E-state index contributed by atoms with van der Waals surface area (Å²) in [6.07, 6.45) is 6.24. The monoisotopic (exact) mass is 493 g/mol. The molecule has 7 heteroatoms. The lowest BCUT2D eigenvalue weighted by Gasteiger charge is -2.38. The number of aryl methyl sites for hydroxylation is 1. The molecule has 0 bridgehead atoms. The number of amides is 1. The van der Waals surface area contributed by atoms with E-state index in [1.807, 2.05) is 35.9 Å². The van der Waals surface area contributed by atoms with Gasteiger partial charge in [0.2, 0.25) is 15.9 Å². The van der Waals surface area contributed by atoms with E-state index in [1.54, 1.807) is 12.1 Å². The van der Waals surface area contributed by atoms with Gasteiger partial charge in [-0.15, -0.1) is 0 Å². The highest BCUT2D eigenvalue weighted by Crippen LogP contribution is 2.31. The first-order valence-corrected chi connectivity index (χ1v) is 14.3. The van der Waals surface area contributed by atoms with Crippen molar-refractivity contribution in [1.29, 1.82) is 0 Å². The number of hydrogen-bond acceptors (Lipinski definition) is 3. The molecule has 2 aromatic carbocycles. The first-order valence-electron chi connectivity index (χ1n) is 12.8. The van der Waals surface area contributed by atoms with Crippen LogP contribution in [0.25, 0.3) is 22.2 Å². The third kappa shape index (κ3) is 4.89. The van der Waals surface area contributed by atoms with E-state index < -0.39 is 10.0 Å². The van der Waals surface area contributed by atoms with Crippen molar-refractivity contribution in [2.45, 2.75) is 68.8 Å². The molecule has 35 heavy (non-hydrogen) atoms. The summed E-state index contributed by atoms with van der Waals surface area (Å²) in [6, 6.07) is 17.7. The molecule has 1 amide bonds. The molecule has 3 aromatic rings. The van der Waals surface area contributed by atoms with Gasteiger partial charge in [0.1, 0.15) is 0 Å². The summed E-state index contributed by atoms with van der Waals surface area (Å²) in [5.41, 5.74) is 3.03. The Kier molecular flexibility index (Phi) is 6.73. The molecule has 1 unspecified atom stereocenters. The van der Waals surface area contributed by atoms with Crippen LogP contribution in [0.5, 0.6) is 0 Å². The Hall–Kier alpha value is -2.64. The SMILES string of the molecule is CC1CCCCN1C(=O)C1CCC(NS(=O)(=O)c2ccc3cc(-c4ccccc4)n(C)c3c2)CC1. The van der Waals surface area contributed by atoms with Crippen LogP contribution >= 0.6 is 0 Å². The Morgan fingerprint density at radius 3 is 2.40 bits per heavy atom. The van der Waals surface area contributed by atoms with Crippen LogP contribution in [0.4, 0.5) is 0 Å². The molecule has 0 spiro atoms. The Morgan fingerprint density at radius 1 is 0.943 bits per heavy atom. The molecule has 0 radical (unpaired) electrons. The lowest BCUT2D eigenvalue weighted by Crippen LogP contribution is -2.47. The number of rotatable bonds is 5. The van der Waals surface area contributed by atoms with Crippen molar-refractivity contribution in [2.24, 2.45) is 13.0 Å². The van der Waals surface area contributed by atoms with Crippen LogP contribution in [0.2, 0.25) is 0 Å². The topological polar surface area (TPSA) is 71.4 Å². The number of carbonyl (C=O) groups is 1. The lowest BCUT2D eigenvalue weighted by molar-refractivity contribution is -0.140. The zero-order valence-corrected chi connectivity index (χ0v) is 21.4. The second-order valence-corrected chi connectivity index (χ2v) is 11.9. The highest BCUT2D eigenvalue weighted by molar-refractivity contribution is 7.89. The van der Waals surface area contributed by atoms with Crippen molar-refractivity contribution in [1.82, 2.24) is 14.2 Å². The quantitative estimate of drug-likeness (QED) is 0.539. The zero-order chi connectivity index (χ0) is 24.6. The second-order valence-electron chi connectivity index (χ2n) is 10.2. The number of likely N-dealkylation sites (tertiary alicyclic amines) is 1. The van der Waals surface area contributed by atoms with E-state index in [4.69, 9.17) is 0 Å². The first-order chi connectivity index (χ1) is 16.8. The molecule has 186 valence electrons. The van der Waals surface area contributed by atoms with Crippen molar-refractivity contribution in [3.05, 3.63) is 54.6 Å². The van der Waals surface area contributed by atoms with Crippen molar-refractivity contribution in [3.8, 4) is 11.3 Å². The molecule has 1 saturated carbocycles. The smallest absolute Gasteiger partial charge is 0.240 e. The largest absolute Gasteiger partial charge is 0.344 e. The van der Waals surface area contributed by atoms with Crippen molar-refractivity contribution < 1.29 is 13.2 Å². The molecule has 6 nitrogen and oxygen atoms in total. The summed E-state index contributed by atoms with van der Waals surface area (Å²) in [7, 11) is -1.68. The van der Waals surface area contributed by atoms with Gasteiger partial charge in [-0.3, -0.25) is 4.79 Å². The van der Waals surface area contributed by atoms with Gasteiger partial charge in [0.05, 0.1) is 4.90 Å². The fraction of sp³-hybridized carbons (Fsp3) is 0.464. The van der Waals surface area contributed by atoms with Gasteiger partial charge >= 0.3 is 0 Å². The molecular formula is C28H35N3O3S. The van der Waals surface area contributed by atoms with Gasteiger partial charge in [-0.2, -0.15) is 0 Å². The van der Waals surface area contributed by atoms with Gasteiger partial charge in [0.25, 0.3) is 0 Å². The van der Waals surface area contributed by atoms with E-state index in [0.29, 0.717) is 18.9 Å². The van der Waals surface area contributed by atoms with E-state index in [0.717, 1.165) is 54.4 Å². The van der Waals surface area contributed by atoms with Crippen LogP contribution in [0, 0.1) is 5.92 Å². The van der Waals surface area contributed by atoms with Gasteiger partial charge in [-0.1, -0.05) is 36.4 Å². The number of piperidine rings is 1. The highest BCUT2D eigenvalue weighted by Gasteiger charge is 2.33. The molecule has 1 aliphatic carbocycles. The zero-order valence-electron chi connectivity index (χ0n) is 20.6. The maximum Gasteiger partial charge on any atom is 0.240 e. The van der Waals surface area contributed by atoms with E-state index >= 15 is 0 Å². The van der Waals surface area contributed by atoms with E-state index in [-0.39, 0.29) is 22.8 Å². The summed E-state index contributed by atoms with van der Waals surface area (Å²) in [4.78, 5) is 15.4.